The lowest BCUT2D eigenvalue weighted by Crippen LogP contribution is -2.05. The molecule has 4 nitrogen and oxygen atoms in total. The van der Waals surface area contributed by atoms with Crippen LogP contribution in [0.4, 0.5) is 0 Å². The number of ether oxygens (including phenoxy) is 2. The zero-order chi connectivity index (χ0) is 12.1. The van der Waals surface area contributed by atoms with Crippen molar-refractivity contribution in [1.82, 2.24) is 0 Å². The minimum absolute atomic E-state index is 0.0979. The van der Waals surface area contributed by atoms with E-state index < -0.39 is 0 Å². The molecule has 90 valence electrons. The SMILES string of the molecule is COc1cc(C(C)CCN)cc(O)c1OC. The van der Waals surface area contributed by atoms with Crippen molar-refractivity contribution in [3.8, 4) is 17.2 Å². The first-order valence-corrected chi connectivity index (χ1v) is 5.29. The molecule has 1 rings (SSSR count). The number of nitrogens with two attached hydrogens (primary N) is 1. The fourth-order valence-corrected chi connectivity index (χ4v) is 1.67. The molecule has 0 aromatic heterocycles. The van der Waals surface area contributed by atoms with E-state index in [4.69, 9.17) is 15.2 Å². The summed E-state index contributed by atoms with van der Waals surface area (Å²) in [6, 6.07) is 3.57. The largest absolute Gasteiger partial charge is 0.504 e. The standard InChI is InChI=1S/C12H19NO3/c1-8(4-5-13)9-6-10(14)12(16-3)11(7-9)15-2/h6-8,14H,4-5,13H2,1-3H3. The monoisotopic (exact) mass is 225 g/mol. The molecule has 1 atom stereocenters. The fraction of sp³-hybridized carbons (Fsp3) is 0.500. The molecule has 0 aliphatic rings. The zero-order valence-electron chi connectivity index (χ0n) is 9.99. The lowest BCUT2D eigenvalue weighted by molar-refractivity contribution is 0.332. The van der Waals surface area contributed by atoms with Gasteiger partial charge in [-0.25, -0.2) is 0 Å². The Morgan fingerprint density at radius 1 is 1.31 bits per heavy atom. The van der Waals surface area contributed by atoms with Crippen LogP contribution in [0.2, 0.25) is 0 Å². The summed E-state index contributed by atoms with van der Waals surface area (Å²) in [4.78, 5) is 0. The Balaban J connectivity index is 3.09. The van der Waals surface area contributed by atoms with Gasteiger partial charge in [0.15, 0.2) is 11.5 Å². The van der Waals surface area contributed by atoms with E-state index in [0.29, 0.717) is 18.0 Å². The third-order valence-corrected chi connectivity index (χ3v) is 2.65. The molecule has 0 fully saturated rings. The van der Waals surface area contributed by atoms with Crippen molar-refractivity contribution >= 4 is 0 Å². The van der Waals surface area contributed by atoms with Gasteiger partial charge in [0.1, 0.15) is 0 Å². The van der Waals surface area contributed by atoms with Crippen LogP contribution in [0.1, 0.15) is 24.8 Å². The van der Waals surface area contributed by atoms with Crippen molar-refractivity contribution in [3.05, 3.63) is 17.7 Å². The van der Waals surface area contributed by atoms with E-state index in [-0.39, 0.29) is 11.7 Å². The van der Waals surface area contributed by atoms with Gasteiger partial charge in [-0.2, -0.15) is 0 Å². The second-order valence-corrected chi connectivity index (χ2v) is 3.75. The first-order valence-electron chi connectivity index (χ1n) is 5.29. The Bertz CT molecular complexity index is 352. The van der Waals surface area contributed by atoms with Crippen molar-refractivity contribution in [3.63, 3.8) is 0 Å². The van der Waals surface area contributed by atoms with Gasteiger partial charge in [0, 0.05) is 0 Å². The average molecular weight is 225 g/mol. The molecular formula is C12H19NO3. The highest BCUT2D eigenvalue weighted by Crippen LogP contribution is 2.39. The maximum absolute atomic E-state index is 9.78. The molecule has 1 unspecified atom stereocenters. The van der Waals surface area contributed by atoms with Gasteiger partial charge in [-0.3, -0.25) is 0 Å². The summed E-state index contributed by atoms with van der Waals surface area (Å²) < 4.78 is 10.2. The maximum atomic E-state index is 9.78. The van der Waals surface area contributed by atoms with Crippen molar-refractivity contribution < 1.29 is 14.6 Å². The van der Waals surface area contributed by atoms with Crippen molar-refractivity contribution in [1.29, 1.82) is 0 Å². The average Bonchev–Trinajstić information content (AvgIpc) is 2.28. The highest BCUT2D eigenvalue weighted by Gasteiger charge is 2.14. The molecule has 4 heteroatoms. The highest BCUT2D eigenvalue weighted by atomic mass is 16.5. The molecule has 0 bridgehead atoms. The predicted molar refractivity (Wildman–Crippen MR) is 63.3 cm³/mol. The lowest BCUT2D eigenvalue weighted by Gasteiger charge is -2.15. The molecule has 16 heavy (non-hydrogen) atoms. The van der Waals surface area contributed by atoms with Crippen molar-refractivity contribution in [2.75, 3.05) is 20.8 Å². The van der Waals surface area contributed by atoms with Gasteiger partial charge in [-0.05, 0) is 36.6 Å². The topological polar surface area (TPSA) is 64.7 Å². The van der Waals surface area contributed by atoms with E-state index in [9.17, 15) is 5.11 Å². The molecule has 3 N–H and O–H groups in total. The summed E-state index contributed by atoms with van der Waals surface area (Å²) in [5, 5.41) is 9.78. The van der Waals surface area contributed by atoms with Gasteiger partial charge in [-0.15, -0.1) is 0 Å². The van der Waals surface area contributed by atoms with E-state index >= 15 is 0 Å². The fourth-order valence-electron chi connectivity index (χ4n) is 1.67. The van der Waals surface area contributed by atoms with Crippen LogP contribution in [0.15, 0.2) is 12.1 Å². The van der Waals surface area contributed by atoms with Gasteiger partial charge in [-0.1, -0.05) is 6.92 Å². The van der Waals surface area contributed by atoms with Crippen LogP contribution in [-0.2, 0) is 0 Å². The van der Waals surface area contributed by atoms with Crippen LogP contribution in [0, 0.1) is 0 Å². The third kappa shape index (κ3) is 2.58. The second-order valence-electron chi connectivity index (χ2n) is 3.75. The first-order chi connectivity index (χ1) is 7.63. The van der Waals surface area contributed by atoms with Crippen LogP contribution in [0.3, 0.4) is 0 Å². The third-order valence-electron chi connectivity index (χ3n) is 2.65. The summed E-state index contributed by atoms with van der Waals surface area (Å²) in [5.74, 6) is 1.30. The number of aromatic hydroxyl groups is 1. The number of phenols is 1. The summed E-state index contributed by atoms with van der Waals surface area (Å²) >= 11 is 0. The molecular weight excluding hydrogens is 206 g/mol. The van der Waals surface area contributed by atoms with Crippen LogP contribution < -0.4 is 15.2 Å². The maximum Gasteiger partial charge on any atom is 0.203 e. The Morgan fingerprint density at radius 3 is 2.50 bits per heavy atom. The molecule has 0 amide bonds. The van der Waals surface area contributed by atoms with Gasteiger partial charge in [0.2, 0.25) is 5.75 Å². The van der Waals surface area contributed by atoms with Crippen molar-refractivity contribution in [2.24, 2.45) is 5.73 Å². The van der Waals surface area contributed by atoms with Gasteiger partial charge in [0.05, 0.1) is 14.2 Å². The molecule has 0 aliphatic carbocycles. The number of hydrogen-bond donors (Lipinski definition) is 2. The van der Waals surface area contributed by atoms with Crippen LogP contribution in [0.5, 0.6) is 17.2 Å². The number of methoxy groups -OCH3 is 2. The van der Waals surface area contributed by atoms with Crippen LogP contribution >= 0.6 is 0 Å². The summed E-state index contributed by atoms with van der Waals surface area (Å²) in [6.07, 6.45) is 0.870. The smallest absolute Gasteiger partial charge is 0.203 e. The van der Waals surface area contributed by atoms with E-state index in [2.05, 4.69) is 6.92 Å². The van der Waals surface area contributed by atoms with Gasteiger partial charge < -0.3 is 20.3 Å². The van der Waals surface area contributed by atoms with E-state index in [1.165, 1.54) is 7.11 Å². The Kier molecular flexibility index (Phi) is 4.43. The summed E-state index contributed by atoms with van der Waals surface area (Å²) in [6.45, 7) is 2.68. The van der Waals surface area contributed by atoms with Gasteiger partial charge in [0.25, 0.3) is 0 Å². The predicted octanol–water partition coefficient (Wildman–Crippen LogP) is 1.86. The normalized spacial score (nSPS) is 12.2. The second kappa shape index (κ2) is 5.61. The summed E-state index contributed by atoms with van der Waals surface area (Å²) in [7, 11) is 3.05. The molecule has 0 saturated heterocycles. The van der Waals surface area contributed by atoms with Crippen molar-refractivity contribution in [2.45, 2.75) is 19.3 Å². The van der Waals surface area contributed by atoms with Gasteiger partial charge >= 0.3 is 0 Å². The zero-order valence-corrected chi connectivity index (χ0v) is 9.99. The van der Waals surface area contributed by atoms with Crippen LogP contribution in [0.25, 0.3) is 0 Å². The Morgan fingerprint density at radius 2 is 2.00 bits per heavy atom. The lowest BCUT2D eigenvalue weighted by atomic mass is 9.97. The Labute approximate surface area is 96.0 Å². The Hall–Kier alpha value is -1.42. The minimum atomic E-state index is 0.0979. The molecule has 0 saturated carbocycles. The first kappa shape index (κ1) is 12.6. The molecule has 0 aliphatic heterocycles. The van der Waals surface area contributed by atoms with E-state index in [1.54, 1.807) is 13.2 Å². The quantitative estimate of drug-likeness (QED) is 0.802. The number of rotatable bonds is 5. The number of hydrogen-bond acceptors (Lipinski definition) is 4. The number of phenolic OH excluding ortho intramolecular Hbond substituents is 1. The molecule has 1 aromatic rings. The summed E-state index contributed by atoms with van der Waals surface area (Å²) in [5.41, 5.74) is 6.51. The minimum Gasteiger partial charge on any atom is -0.504 e. The van der Waals surface area contributed by atoms with E-state index in [0.717, 1.165) is 12.0 Å². The highest BCUT2D eigenvalue weighted by molar-refractivity contribution is 5.53. The molecule has 0 spiro atoms. The molecule has 1 aromatic carbocycles. The number of benzene rings is 1. The van der Waals surface area contributed by atoms with E-state index in [1.807, 2.05) is 6.07 Å². The molecule has 0 radical (unpaired) electrons. The molecule has 0 heterocycles. The van der Waals surface area contributed by atoms with Crippen LogP contribution in [-0.4, -0.2) is 25.9 Å².